The number of nitrogens with one attached hydrogen (secondary N) is 6. The third-order valence-electron chi connectivity index (χ3n) is 19.9. The molecule has 2 aromatic heterocycles. The summed E-state index contributed by atoms with van der Waals surface area (Å²) in [5.74, 6) is -4.04. The van der Waals surface area contributed by atoms with Crippen LogP contribution < -0.4 is 41.3 Å². The Hall–Kier alpha value is -7.81. The number of H-pyrrole nitrogens is 1. The number of hydrogen-bond acceptors (Lipinski definition) is 23. The minimum Gasteiger partial charge on any atom is -0.488 e. The van der Waals surface area contributed by atoms with E-state index in [4.69, 9.17) is 50.5 Å². The van der Waals surface area contributed by atoms with Crippen molar-refractivity contribution in [1.29, 1.82) is 0 Å². The molecule has 634 valence electrons. The van der Waals surface area contributed by atoms with Crippen LogP contribution in [-0.2, 0) is 86.3 Å². The van der Waals surface area contributed by atoms with Crippen LogP contribution in [0.3, 0.4) is 0 Å². The standard InChI is InChI=1S/C35H48ClN5O9S.C29H42BrN3O9S.C9H6ClNO.C4H9NO3S/c1-9-20-18-35(20,30(44)40-51(46,47)50-34(8)14-15-34)39-28(42)24-17-21(48-25-13-16-37-26-22(25)11-10-12-23(26)36)19-41(24)29(43)27(32(2,3)4)38-31(45)49-33(5,6)7;1-9-17-15-29(17,25(36)40-8)32-23(34)21-14-19(42-43(38,39)20-12-10-18(30)11-13-20)16-33(21)24(35)22(27(2,3)4)31-26(37)41-28(5,6)7;10-7-3-1-2-6-8(12)4-5-11-9(6)7;1-4(2-3-4)8-9(5,6)7/h10-13,16,20-21,24,27H,9,14-15,17-19H2,1-8H3,(H,38,45)(H,39,42)(H,40,44);10-13,17,19,21-22H,9,14-16H2,1-8H3,(H,31,37)(H,32,34);1-5H,(H,11,12);2-3H2,1H3,(H2,5,6,7)/t20-,21-,24+,27-,35-;17-,19+,21+,22-,29-;;/m11../s1. The molecule has 2 aliphatic heterocycles. The second-order valence-electron chi connectivity index (χ2n) is 34.2. The smallest absolute Gasteiger partial charge is 0.408 e. The second-order valence-corrected chi connectivity index (χ2v) is 39.9. The average molecular weight is 1770 g/mol. The molecule has 0 radical (unpaired) electrons. The molecule has 10 atom stereocenters. The Bertz CT molecular complexity index is 4910. The van der Waals surface area contributed by atoms with Crippen molar-refractivity contribution in [3.05, 3.63) is 110 Å². The minimum atomic E-state index is -4.45. The number of carbonyl (C=O) groups is 8. The molecule has 38 heteroatoms. The molecular formula is C77H105BrCl2N10O22S3. The predicted molar refractivity (Wildman–Crippen MR) is 431 cm³/mol. The van der Waals surface area contributed by atoms with Crippen LogP contribution in [0.1, 0.15) is 175 Å². The molecule has 0 unspecified atom stereocenters. The van der Waals surface area contributed by atoms with Crippen LogP contribution in [0.15, 0.2) is 99.4 Å². The Kier molecular flexibility index (Phi) is 28.5. The van der Waals surface area contributed by atoms with Gasteiger partial charge in [0, 0.05) is 53.1 Å². The lowest BCUT2D eigenvalue weighted by Gasteiger charge is -2.36. The van der Waals surface area contributed by atoms with Crippen molar-refractivity contribution < 1.29 is 95.1 Å². The number of amides is 7. The van der Waals surface area contributed by atoms with E-state index in [9.17, 15) is 68.4 Å². The molecule has 115 heavy (non-hydrogen) atoms. The summed E-state index contributed by atoms with van der Waals surface area (Å²) in [6.45, 7) is 27.5. The molecule has 2 saturated heterocycles. The van der Waals surface area contributed by atoms with E-state index in [1.165, 1.54) is 35.1 Å². The highest BCUT2D eigenvalue weighted by molar-refractivity contribution is 9.10. The highest BCUT2D eigenvalue weighted by atomic mass is 79.9. The highest BCUT2D eigenvalue weighted by Gasteiger charge is 2.64. The fourth-order valence-corrected chi connectivity index (χ4v) is 16.9. The number of aromatic nitrogens is 2. The summed E-state index contributed by atoms with van der Waals surface area (Å²) >= 11 is 15.5. The van der Waals surface area contributed by atoms with Gasteiger partial charge in [0.05, 0.1) is 56.9 Å². The number of halogens is 3. The number of ether oxygens (including phenoxy) is 4. The number of nitrogens with two attached hydrogens (primary N) is 1. The van der Waals surface area contributed by atoms with Gasteiger partial charge in [0.2, 0.25) is 23.6 Å². The molecule has 4 heterocycles. The molecule has 4 aliphatic carbocycles. The van der Waals surface area contributed by atoms with Gasteiger partial charge >= 0.3 is 38.8 Å². The van der Waals surface area contributed by atoms with E-state index in [2.05, 4.69) is 56.5 Å². The van der Waals surface area contributed by atoms with E-state index in [1.807, 2.05) is 18.6 Å². The molecule has 0 spiro atoms. The quantitative estimate of drug-likeness (QED) is 0.0192. The molecule has 32 nitrogen and oxygen atoms in total. The van der Waals surface area contributed by atoms with Crippen LogP contribution in [0.4, 0.5) is 9.59 Å². The number of hydrogen-bond donors (Lipinski definition) is 7. The van der Waals surface area contributed by atoms with Gasteiger partial charge in [-0.05, 0) is 171 Å². The van der Waals surface area contributed by atoms with Crippen molar-refractivity contribution in [2.45, 2.75) is 250 Å². The van der Waals surface area contributed by atoms with Crippen LogP contribution in [-0.4, -0.2) is 183 Å². The number of carbonyl (C=O) groups excluding carboxylic acids is 8. The number of aromatic amines is 1. The van der Waals surface area contributed by atoms with Gasteiger partial charge in [-0.1, -0.05) is 119 Å². The first-order valence-corrected chi connectivity index (χ1v) is 43.3. The number of benzene rings is 3. The van der Waals surface area contributed by atoms with Gasteiger partial charge in [-0.2, -0.15) is 25.3 Å². The number of rotatable bonds is 22. The summed E-state index contributed by atoms with van der Waals surface area (Å²) in [5.41, 5.74) is -6.18. The Morgan fingerprint density at radius 3 is 1.57 bits per heavy atom. The summed E-state index contributed by atoms with van der Waals surface area (Å²) in [7, 11) is -11.2. The fraction of sp³-hybridized carbons (Fsp3) is 0.584. The molecule has 6 fully saturated rings. The van der Waals surface area contributed by atoms with E-state index in [0.29, 0.717) is 74.2 Å². The summed E-state index contributed by atoms with van der Waals surface area (Å²) in [6, 6.07) is 14.9. The maximum atomic E-state index is 14.4. The number of likely N-dealkylation sites (tertiary alicyclic amines) is 2. The normalized spacial score (nSPS) is 23.1. The Morgan fingerprint density at radius 1 is 0.643 bits per heavy atom. The van der Waals surface area contributed by atoms with E-state index >= 15 is 0 Å². The maximum absolute atomic E-state index is 14.4. The van der Waals surface area contributed by atoms with Crippen molar-refractivity contribution >= 4 is 139 Å². The SMILES string of the molecule is CC1(OS(N)(=O)=O)CC1.CC[C@@H]1C[C@]1(NC(=O)[C@@H]1C[C@@H](Oc2ccnc3c(Cl)cccc23)CN1C(=O)[C@@H](NC(=O)OC(C)(C)C)C(C)(C)C)C(=O)NS(=O)(=O)OC1(C)CC1.CC[C@@H]1C[C@]1(NC(=O)[C@@H]1C[C@H](OS(=O)(=O)c2ccc(Br)cc2)CN1C(=O)[C@@H](NC(=O)OC(C)(C)C)C(C)(C)C)C(=O)OC.O=c1cc[nH]c2c(Cl)cccc12. The Balaban J connectivity index is 0.000000230. The number of pyridine rings is 2. The molecule has 8 N–H and O–H groups in total. The Morgan fingerprint density at radius 2 is 1.11 bits per heavy atom. The van der Waals surface area contributed by atoms with Crippen molar-refractivity contribution in [3.8, 4) is 5.75 Å². The van der Waals surface area contributed by atoms with E-state index in [-0.39, 0.29) is 54.5 Å². The summed E-state index contributed by atoms with van der Waals surface area (Å²) in [4.78, 5) is 129. The topological polar surface area (TPSA) is 442 Å². The van der Waals surface area contributed by atoms with Gasteiger partial charge in [0.25, 0.3) is 16.0 Å². The second kappa shape index (κ2) is 35.4. The first-order chi connectivity index (χ1) is 53.0. The number of nitrogens with zero attached hydrogens (tertiary/aromatic N) is 3. The molecule has 4 saturated carbocycles. The van der Waals surface area contributed by atoms with Gasteiger partial charge in [-0.25, -0.2) is 28.4 Å². The molecular weight excluding hydrogens is 1660 g/mol. The van der Waals surface area contributed by atoms with Gasteiger partial charge in [-0.3, -0.25) is 42.1 Å². The lowest BCUT2D eigenvalue weighted by molar-refractivity contribution is -0.148. The van der Waals surface area contributed by atoms with E-state index in [1.54, 1.807) is 164 Å². The number of alkyl carbamates (subject to hydrolysis) is 2. The van der Waals surface area contributed by atoms with Crippen LogP contribution in [0.5, 0.6) is 5.75 Å². The predicted octanol–water partition coefficient (Wildman–Crippen LogP) is 9.85. The van der Waals surface area contributed by atoms with Crippen molar-refractivity contribution in [2.75, 3.05) is 20.2 Å². The zero-order chi connectivity index (χ0) is 86.0. The van der Waals surface area contributed by atoms with Crippen LogP contribution in [0.2, 0.25) is 10.0 Å². The van der Waals surface area contributed by atoms with Gasteiger partial charge in [0.15, 0.2) is 5.43 Å². The first-order valence-electron chi connectivity index (χ1n) is 37.5. The summed E-state index contributed by atoms with van der Waals surface area (Å²) < 4.78 is 112. The lowest BCUT2D eigenvalue weighted by Crippen LogP contribution is -2.60. The minimum absolute atomic E-state index is 0.00810. The van der Waals surface area contributed by atoms with Crippen LogP contribution in [0, 0.1) is 22.7 Å². The third-order valence-corrected chi connectivity index (χ3v) is 24.1. The molecule has 0 bridgehead atoms. The number of para-hydroxylation sites is 2. The van der Waals surface area contributed by atoms with Gasteiger partial charge < -0.3 is 55.0 Å². The molecule has 11 rings (SSSR count). The van der Waals surface area contributed by atoms with Gasteiger partial charge in [0.1, 0.15) is 58.3 Å². The van der Waals surface area contributed by atoms with Crippen molar-refractivity contribution in [2.24, 2.45) is 27.8 Å². The zero-order valence-corrected chi connectivity index (χ0v) is 73.0. The number of fused-ring (bicyclic) bond motifs is 2. The maximum Gasteiger partial charge on any atom is 0.408 e. The summed E-state index contributed by atoms with van der Waals surface area (Å²) in [6.07, 6.45) is 3.93. The number of methoxy groups -OCH3 is 1. The zero-order valence-electron chi connectivity index (χ0n) is 67.4. The number of esters is 1. The van der Waals surface area contributed by atoms with Crippen molar-refractivity contribution in [1.82, 2.24) is 45.8 Å². The van der Waals surface area contributed by atoms with E-state index < -0.39 is 159 Å². The third kappa shape index (κ3) is 24.7. The monoisotopic (exact) mass is 1770 g/mol. The van der Waals surface area contributed by atoms with Crippen LogP contribution >= 0.6 is 39.1 Å². The highest BCUT2D eigenvalue weighted by Crippen LogP contribution is 2.49. The first kappa shape index (κ1) is 92.7. The summed E-state index contributed by atoms with van der Waals surface area (Å²) in [5, 5.41) is 17.8. The fourth-order valence-electron chi connectivity index (χ4n) is 13.3. The average Bonchev–Trinajstić information content (AvgIpc) is 1.58. The van der Waals surface area contributed by atoms with E-state index in [0.717, 1.165) is 12.8 Å². The molecule has 6 aliphatic rings. The Labute approximate surface area is 689 Å². The van der Waals surface area contributed by atoms with Crippen molar-refractivity contribution in [3.63, 3.8) is 0 Å². The lowest BCUT2D eigenvalue weighted by atomic mass is 9.85. The van der Waals surface area contributed by atoms with Crippen LogP contribution in [0.25, 0.3) is 21.8 Å². The molecule has 7 amide bonds. The molecule has 3 aromatic carbocycles. The van der Waals surface area contributed by atoms with Gasteiger partial charge in [-0.15, -0.1) is 0 Å². The molecule has 5 aromatic rings. The largest absolute Gasteiger partial charge is 0.488 e.